The second kappa shape index (κ2) is 6.78. The van der Waals surface area contributed by atoms with Crippen LogP contribution in [0.5, 0.6) is 0 Å². The summed E-state index contributed by atoms with van der Waals surface area (Å²) in [5.41, 5.74) is 1.63. The van der Waals surface area contributed by atoms with Crippen LogP contribution >= 0.6 is 11.6 Å². The number of fused-ring (bicyclic) bond motifs is 1. The van der Waals surface area contributed by atoms with Crippen LogP contribution in [-0.4, -0.2) is 41.6 Å². The van der Waals surface area contributed by atoms with Gasteiger partial charge in [0, 0.05) is 37.1 Å². The molecule has 0 aliphatic carbocycles. The summed E-state index contributed by atoms with van der Waals surface area (Å²) in [4.78, 5) is 12.4. The summed E-state index contributed by atoms with van der Waals surface area (Å²) in [5.74, 6) is -0.496. The number of esters is 1. The average Bonchev–Trinajstić information content (AvgIpc) is 2.90. The molecule has 9 heteroatoms. The quantitative estimate of drug-likeness (QED) is 0.754. The van der Waals surface area contributed by atoms with Gasteiger partial charge < -0.3 is 4.74 Å². The molecule has 0 unspecified atom stereocenters. The molecule has 0 N–H and O–H groups in total. The Morgan fingerprint density at radius 2 is 2.00 bits per heavy atom. The summed E-state index contributed by atoms with van der Waals surface area (Å²) in [5, 5.41) is 4.80. The van der Waals surface area contributed by atoms with Crippen molar-refractivity contribution >= 4 is 27.6 Å². The summed E-state index contributed by atoms with van der Waals surface area (Å²) >= 11 is 5.83. The van der Waals surface area contributed by atoms with Crippen LogP contribution in [0.2, 0.25) is 5.02 Å². The van der Waals surface area contributed by atoms with Crippen LogP contribution in [-0.2, 0) is 34.8 Å². The van der Waals surface area contributed by atoms with E-state index in [2.05, 4.69) is 5.10 Å². The first-order valence-corrected chi connectivity index (χ1v) is 9.64. The van der Waals surface area contributed by atoms with Gasteiger partial charge in [-0.1, -0.05) is 11.6 Å². The SMILES string of the molecule is CCOC(=O)c1c2c(nn1C)CCN(S(=O)(=O)c1ccc(Cl)cc1)C2. The second-order valence-electron chi connectivity index (χ2n) is 5.66. The van der Waals surface area contributed by atoms with E-state index in [0.29, 0.717) is 29.2 Å². The molecule has 1 aliphatic heterocycles. The summed E-state index contributed by atoms with van der Waals surface area (Å²) in [6.07, 6.45) is 0.440. The Morgan fingerprint density at radius 3 is 2.64 bits per heavy atom. The third-order valence-corrected chi connectivity index (χ3v) is 6.19. The van der Waals surface area contributed by atoms with Gasteiger partial charge in [-0.3, -0.25) is 4.68 Å². The van der Waals surface area contributed by atoms with Crippen LogP contribution in [0.25, 0.3) is 0 Å². The predicted molar refractivity (Wildman–Crippen MR) is 91.9 cm³/mol. The lowest BCUT2D eigenvalue weighted by Crippen LogP contribution is -2.36. The Bertz CT molecular complexity index is 906. The average molecular weight is 384 g/mol. The Kier molecular flexibility index (Phi) is 4.86. The summed E-state index contributed by atoms with van der Waals surface area (Å²) < 4.78 is 33.6. The third kappa shape index (κ3) is 3.29. The smallest absolute Gasteiger partial charge is 0.356 e. The van der Waals surface area contributed by atoms with Crippen LogP contribution in [0.4, 0.5) is 0 Å². The summed E-state index contributed by atoms with van der Waals surface area (Å²) in [6, 6.07) is 6.03. The maximum absolute atomic E-state index is 12.9. The first kappa shape index (κ1) is 17.9. The minimum absolute atomic E-state index is 0.0856. The number of hydrogen-bond donors (Lipinski definition) is 0. The zero-order valence-electron chi connectivity index (χ0n) is 13.9. The lowest BCUT2D eigenvalue weighted by molar-refractivity contribution is 0.0511. The fraction of sp³-hybridized carbons (Fsp3) is 0.375. The Balaban J connectivity index is 1.95. The molecule has 0 spiro atoms. The molecule has 0 atom stereocenters. The normalized spacial score (nSPS) is 15.0. The van der Waals surface area contributed by atoms with Crippen LogP contribution in [0, 0.1) is 0 Å². The minimum atomic E-state index is -3.68. The molecule has 3 rings (SSSR count). The molecule has 1 aliphatic rings. The molecule has 1 aromatic heterocycles. The van der Waals surface area contributed by atoms with Gasteiger partial charge in [-0.2, -0.15) is 9.40 Å². The van der Waals surface area contributed by atoms with Crippen LogP contribution < -0.4 is 0 Å². The summed E-state index contributed by atoms with van der Waals surface area (Å²) in [6.45, 7) is 2.35. The number of hydrogen-bond acceptors (Lipinski definition) is 5. The molecule has 134 valence electrons. The van der Waals surface area contributed by atoms with Crippen molar-refractivity contribution in [2.24, 2.45) is 7.05 Å². The van der Waals surface area contributed by atoms with E-state index < -0.39 is 16.0 Å². The van der Waals surface area contributed by atoms with Crippen molar-refractivity contribution in [3.63, 3.8) is 0 Å². The number of aromatic nitrogens is 2. The van der Waals surface area contributed by atoms with Gasteiger partial charge in [-0.05, 0) is 31.2 Å². The van der Waals surface area contributed by atoms with E-state index in [1.165, 1.54) is 33.3 Å². The van der Waals surface area contributed by atoms with E-state index in [9.17, 15) is 13.2 Å². The molecule has 1 aromatic carbocycles. The van der Waals surface area contributed by atoms with Gasteiger partial charge in [-0.15, -0.1) is 0 Å². The van der Waals surface area contributed by atoms with Crippen molar-refractivity contribution in [3.05, 3.63) is 46.2 Å². The number of aryl methyl sites for hydroxylation is 1. The van der Waals surface area contributed by atoms with Gasteiger partial charge in [0.15, 0.2) is 5.69 Å². The molecule has 0 bridgehead atoms. The van der Waals surface area contributed by atoms with Crippen molar-refractivity contribution in [2.75, 3.05) is 13.2 Å². The van der Waals surface area contributed by atoms with Crippen LogP contribution in [0.3, 0.4) is 0 Å². The molecule has 25 heavy (non-hydrogen) atoms. The molecule has 0 amide bonds. The van der Waals surface area contributed by atoms with Gasteiger partial charge in [0.1, 0.15) is 0 Å². The number of benzene rings is 1. The molecule has 7 nitrogen and oxygen atoms in total. The molecular weight excluding hydrogens is 366 g/mol. The Labute approximate surface area is 151 Å². The van der Waals surface area contributed by atoms with Crippen LogP contribution in [0.15, 0.2) is 29.2 Å². The van der Waals surface area contributed by atoms with Crippen molar-refractivity contribution in [1.29, 1.82) is 0 Å². The van der Waals surface area contributed by atoms with E-state index in [1.54, 1.807) is 14.0 Å². The van der Waals surface area contributed by atoms with Crippen molar-refractivity contribution in [1.82, 2.24) is 14.1 Å². The van der Waals surface area contributed by atoms with Crippen molar-refractivity contribution < 1.29 is 17.9 Å². The minimum Gasteiger partial charge on any atom is -0.461 e. The van der Waals surface area contributed by atoms with E-state index in [-0.39, 0.29) is 18.0 Å². The monoisotopic (exact) mass is 383 g/mol. The van der Waals surface area contributed by atoms with Gasteiger partial charge in [0.05, 0.1) is 17.2 Å². The Morgan fingerprint density at radius 1 is 1.32 bits per heavy atom. The lowest BCUT2D eigenvalue weighted by Gasteiger charge is -2.26. The molecule has 0 saturated heterocycles. The number of carbonyl (C=O) groups is 1. The van der Waals surface area contributed by atoms with Gasteiger partial charge in [0.2, 0.25) is 10.0 Å². The van der Waals surface area contributed by atoms with E-state index >= 15 is 0 Å². The molecular formula is C16H18ClN3O4S. The topological polar surface area (TPSA) is 81.5 Å². The highest BCUT2D eigenvalue weighted by Crippen LogP contribution is 2.27. The van der Waals surface area contributed by atoms with E-state index in [4.69, 9.17) is 16.3 Å². The lowest BCUT2D eigenvalue weighted by atomic mass is 10.1. The maximum atomic E-state index is 12.9. The number of nitrogens with zero attached hydrogens (tertiary/aromatic N) is 3. The highest BCUT2D eigenvalue weighted by atomic mass is 35.5. The standard InChI is InChI=1S/C16H18ClN3O4S/c1-3-24-16(21)15-13-10-20(9-8-14(13)18-19(15)2)25(22,23)12-6-4-11(17)5-7-12/h4-7H,3,8-10H2,1-2H3. The molecule has 0 radical (unpaired) electrons. The fourth-order valence-electron chi connectivity index (χ4n) is 2.89. The number of carbonyl (C=O) groups excluding carboxylic acids is 1. The van der Waals surface area contributed by atoms with Crippen molar-refractivity contribution in [3.8, 4) is 0 Å². The first-order valence-electron chi connectivity index (χ1n) is 7.82. The van der Waals surface area contributed by atoms with Gasteiger partial charge in [-0.25, -0.2) is 13.2 Å². The molecule has 2 heterocycles. The van der Waals surface area contributed by atoms with Crippen molar-refractivity contribution in [2.45, 2.75) is 24.8 Å². The maximum Gasteiger partial charge on any atom is 0.356 e. The molecule has 0 saturated carbocycles. The number of ether oxygens (including phenoxy) is 1. The predicted octanol–water partition coefficient (Wildman–Crippen LogP) is 2.00. The zero-order chi connectivity index (χ0) is 18.2. The molecule has 2 aromatic rings. The van der Waals surface area contributed by atoms with Crippen LogP contribution in [0.1, 0.15) is 28.7 Å². The fourth-order valence-corrected chi connectivity index (χ4v) is 4.43. The highest BCUT2D eigenvalue weighted by molar-refractivity contribution is 7.89. The Hall–Kier alpha value is -1.90. The third-order valence-electron chi connectivity index (χ3n) is 4.08. The summed E-state index contributed by atoms with van der Waals surface area (Å²) in [7, 11) is -2.03. The van der Waals surface area contributed by atoms with E-state index in [0.717, 1.165) is 5.69 Å². The highest BCUT2D eigenvalue weighted by Gasteiger charge is 2.33. The van der Waals surface area contributed by atoms with Gasteiger partial charge >= 0.3 is 5.97 Å². The number of halogens is 1. The first-order chi connectivity index (χ1) is 11.8. The number of rotatable bonds is 4. The van der Waals surface area contributed by atoms with E-state index in [1.807, 2.05) is 0 Å². The second-order valence-corrected chi connectivity index (χ2v) is 8.03. The zero-order valence-corrected chi connectivity index (χ0v) is 15.5. The molecule has 0 fully saturated rings. The number of sulfonamides is 1. The van der Waals surface area contributed by atoms with Gasteiger partial charge in [0.25, 0.3) is 0 Å². The largest absolute Gasteiger partial charge is 0.461 e.